The fraction of sp³-hybridized carbons (Fsp3) is 0.727. The molecule has 0 aromatic carbocycles. The highest BCUT2D eigenvalue weighted by Gasteiger charge is 2.14. The molecule has 0 radical (unpaired) electrons. The fourth-order valence-corrected chi connectivity index (χ4v) is 2.16. The van der Waals surface area contributed by atoms with Crippen LogP contribution in [0.4, 0.5) is 0 Å². The Bertz CT molecular complexity index is 355. The zero-order chi connectivity index (χ0) is 12.8. The molecule has 0 aliphatic carbocycles. The van der Waals surface area contributed by atoms with Crippen LogP contribution in [0.5, 0.6) is 0 Å². The van der Waals surface area contributed by atoms with E-state index in [0.717, 1.165) is 30.9 Å². The molecule has 0 spiro atoms. The van der Waals surface area contributed by atoms with Crippen LogP contribution in [0.3, 0.4) is 0 Å². The van der Waals surface area contributed by atoms with Crippen molar-refractivity contribution in [3.8, 4) is 0 Å². The molecular formula is C11H19Cl2N3O. The second-order valence-electron chi connectivity index (χ2n) is 3.94. The van der Waals surface area contributed by atoms with Crippen LogP contribution >= 0.6 is 23.2 Å². The molecule has 0 N–H and O–H groups in total. The largest absolute Gasteiger partial charge is 0.383 e. The van der Waals surface area contributed by atoms with Gasteiger partial charge in [-0.1, -0.05) is 11.6 Å². The lowest BCUT2D eigenvalue weighted by Gasteiger charge is -2.20. The smallest absolute Gasteiger partial charge is 0.131 e. The van der Waals surface area contributed by atoms with Crippen LogP contribution in [0.25, 0.3) is 0 Å². The molecule has 0 unspecified atom stereocenters. The normalized spacial score (nSPS) is 11.4. The summed E-state index contributed by atoms with van der Waals surface area (Å²) < 4.78 is 6.78. The van der Waals surface area contributed by atoms with E-state index >= 15 is 0 Å². The van der Waals surface area contributed by atoms with Gasteiger partial charge in [-0.3, -0.25) is 9.58 Å². The second-order valence-corrected chi connectivity index (χ2v) is 4.67. The molecule has 1 rings (SSSR count). The molecule has 1 heterocycles. The fourth-order valence-electron chi connectivity index (χ4n) is 1.69. The van der Waals surface area contributed by atoms with Gasteiger partial charge >= 0.3 is 0 Å². The highest BCUT2D eigenvalue weighted by atomic mass is 35.5. The number of ether oxygens (including phenoxy) is 1. The summed E-state index contributed by atoms with van der Waals surface area (Å²) in [5.74, 6) is 0.598. The molecule has 0 aliphatic heterocycles. The third-order valence-corrected chi connectivity index (χ3v) is 3.31. The van der Waals surface area contributed by atoms with E-state index in [-0.39, 0.29) is 0 Å². The standard InChI is InChI=1S/C11H19Cl2N3O/c1-9-10(11(13)15(2)14-9)8-16(5-4-12)6-7-17-3/h4-8H2,1-3H3. The van der Waals surface area contributed by atoms with Crippen molar-refractivity contribution in [2.75, 3.05) is 32.7 Å². The average Bonchev–Trinajstić information content (AvgIpc) is 2.53. The van der Waals surface area contributed by atoms with Crippen LogP contribution in [0, 0.1) is 6.92 Å². The van der Waals surface area contributed by atoms with Gasteiger partial charge in [0.1, 0.15) is 5.15 Å². The molecule has 0 bridgehead atoms. The first-order valence-electron chi connectivity index (χ1n) is 5.55. The first-order valence-corrected chi connectivity index (χ1v) is 6.46. The SMILES string of the molecule is COCCN(CCCl)Cc1c(C)nn(C)c1Cl. The number of methoxy groups -OCH3 is 1. The van der Waals surface area contributed by atoms with Gasteiger partial charge in [0.2, 0.25) is 0 Å². The summed E-state index contributed by atoms with van der Waals surface area (Å²) in [5.41, 5.74) is 2.03. The van der Waals surface area contributed by atoms with E-state index in [0.29, 0.717) is 17.6 Å². The summed E-state index contributed by atoms with van der Waals surface area (Å²) in [4.78, 5) is 2.21. The van der Waals surface area contributed by atoms with Crippen LogP contribution in [-0.2, 0) is 18.3 Å². The van der Waals surface area contributed by atoms with E-state index < -0.39 is 0 Å². The second kappa shape index (κ2) is 7.21. The van der Waals surface area contributed by atoms with Gasteiger partial charge in [0.15, 0.2) is 0 Å². The van der Waals surface area contributed by atoms with Crippen LogP contribution in [0.2, 0.25) is 5.15 Å². The van der Waals surface area contributed by atoms with Crippen molar-refractivity contribution >= 4 is 23.2 Å². The van der Waals surface area contributed by atoms with Crippen molar-refractivity contribution in [2.24, 2.45) is 7.05 Å². The number of rotatable bonds is 7. The molecule has 1 aromatic heterocycles. The number of halogens is 2. The number of aromatic nitrogens is 2. The first-order chi connectivity index (χ1) is 8.10. The number of aryl methyl sites for hydroxylation is 2. The third-order valence-electron chi connectivity index (χ3n) is 2.66. The van der Waals surface area contributed by atoms with E-state index in [1.54, 1.807) is 11.8 Å². The summed E-state index contributed by atoms with van der Waals surface area (Å²) in [6, 6.07) is 0. The van der Waals surface area contributed by atoms with E-state index in [9.17, 15) is 0 Å². The summed E-state index contributed by atoms with van der Waals surface area (Å²) in [6.45, 7) is 5.07. The van der Waals surface area contributed by atoms with E-state index in [1.807, 2.05) is 14.0 Å². The van der Waals surface area contributed by atoms with Gasteiger partial charge in [0.05, 0.1) is 12.3 Å². The van der Waals surface area contributed by atoms with Gasteiger partial charge in [-0.05, 0) is 6.92 Å². The summed E-state index contributed by atoms with van der Waals surface area (Å²) in [7, 11) is 3.54. The molecule has 0 saturated heterocycles. The minimum Gasteiger partial charge on any atom is -0.383 e. The predicted octanol–water partition coefficient (Wildman–Crippen LogP) is 2.07. The molecule has 6 heteroatoms. The Balaban J connectivity index is 2.70. The van der Waals surface area contributed by atoms with Gasteiger partial charge in [0.25, 0.3) is 0 Å². The Morgan fingerprint density at radius 1 is 1.41 bits per heavy atom. The number of hydrogen-bond acceptors (Lipinski definition) is 3. The minimum atomic E-state index is 0.598. The van der Waals surface area contributed by atoms with Crippen LogP contribution in [0.15, 0.2) is 0 Å². The highest BCUT2D eigenvalue weighted by molar-refractivity contribution is 6.30. The number of alkyl halides is 1. The number of hydrogen-bond donors (Lipinski definition) is 0. The quantitative estimate of drug-likeness (QED) is 0.716. The molecule has 4 nitrogen and oxygen atoms in total. The molecule has 0 atom stereocenters. The summed E-state index contributed by atoms with van der Waals surface area (Å²) in [6.07, 6.45) is 0. The van der Waals surface area contributed by atoms with Crippen molar-refractivity contribution in [3.63, 3.8) is 0 Å². The van der Waals surface area contributed by atoms with Crippen LogP contribution in [-0.4, -0.2) is 47.4 Å². The maximum Gasteiger partial charge on any atom is 0.131 e. The third kappa shape index (κ3) is 4.14. The van der Waals surface area contributed by atoms with E-state index in [1.165, 1.54) is 0 Å². The lowest BCUT2D eigenvalue weighted by molar-refractivity contribution is 0.148. The van der Waals surface area contributed by atoms with E-state index in [2.05, 4.69) is 10.00 Å². The Kier molecular flexibility index (Phi) is 6.27. The summed E-state index contributed by atoms with van der Waals surface area (Å²) in [5, 5.41) is 4.99. The minimum absolute atomic E-state index is 0.598. The van der Waals surface area contributed by atoms with Crippen LogP contribution < -0.4 is 0 Å². The maximum absolute atomic E-state index is 6.20. The van der Waals surface area contributed by atoms with Gasteiger partial charge in [-0.15, -0.1) is 11.6 Å². The topological polar surface area (TPSA) is 30.3 Å². The molecular weight excluding hydrogens is 261 g/mol. The maximum atomic E-state index is 6.20. The van der Waals surface area contributed by atoms with Crippen molar-refractivity contribution in [3.05, 3.63) is 16.4 Å². The predicted molar refractivity (Wildman–Crippen MR) is 70.8 cm³/mol. The Labute approximate surface area is 112 Å². The molecule has 0 saturated carbocycles. The molecule has 0 amide bonds. The van der Waals surface area contributed by atoms with Gasteiger partial charge in [-0.25, -0.2) is 0 Å². The lowest BCUT2D eigenvalue weighted by Crippen LogP contribution is -2.29. The highest BCUT2D eigenvalue weighted by Crippen LogP contribution is 2.20. The van der Waals surface area contributed by atoms with Gasteiger partial charge in [0, 0.05) is 45.2 Å². The van der Waals surface area contributed by atoms with Gasteiger partial charge in [-0.2, -0.15) is 5.10 Å². The van der Waals surface area contributed by atoms with Crippen molar-refractivity contribution < 1.29 is 4.74 Å². The first kappa shape index (κ1) is 14.8. The summed E-state index contributed by atoms with van der Waals surface area (Å²) >= 11 is 12.0. The van der Waals surface area contributed by atoms with Gasteiger partial charge < -0.3 is 4.74 Å². The molecule has 1 aromatic rings. The van der Waals surface area contributed by atoms with Crippen molar-refractivity contribution in [1.82, 2.24) is 14.7 Å². The van der Waals surface area contributed by atoms with E-state index in [4.69, 9.17) is 27.9 Å². The molecule has 0 aliphatic rings. The molecule has 0 fully saturated rings. The zero-order valence-corrected chi connectivity index (χ0v) is 12.1. The average molecular weight is 280 g/mol. The van der Waals surface area contributed by atoms with Crippen molar-refractivity contribution in [1.29, 1.82) is 0 Å². The lowest BCUT2D eigenvalue weighted by atomic mass is 10.2. The molecule has 17 heavy (non-hydrogen) atoms. The zero-order valence-electron chi connectivity index (χ0n) is 10.5. The van der Waals surface area contributed by atoms with Crippen LogP contribution in [0.1, 0.15) is 11.3 Å². The monoisotopic (exact) mass is 279 g/mol. The Hall–Kier alpha value is -0.290. The Morgan fingerprint density at radius 3 is 2.59 bits per heavy atom. The molecule has 98 valence electrons. The Morgan fingerprint density at radius 2 is 2.12 bits per heavy atom. The van der Waals surface area contributed by atoms with Crippen molar-refractivity contribution in [2.45, 2.75) is 13.5 Å². The number of nitrogens with zero attached hydrogens (tertiary/aromatic N) is 3.